The van der Waals surface area contributed by atoms with Gasteiger partial charge in [-0.15, -0.1) is 11.3 Å². The minimum Gasteiger partial charge on any atom is -0.235 e. The van der Waals surface area contributed by atoms with E-state index in [2.05, 4.69) is 42.2 Å². The molecule has 3 rings (SSSR count). The molecule has 0 saturated heterocycles. The van der Waals surface area contributed by atoms with E-state index in [0.29, 0.717) is 15.6 Å². The Kier molecular flexibility index (Phi) is 5.10. The van der Waals surface area contributed by atoms with Gasteiger partial charge in [0.1, 0.15) is 11.1 Å². The van der Waals surface area contributed by atoms with Gasteiger partial charge in [0.05, 0.1) is 11.3 Å². The van der Waals surface area contributed by atoms with E-state index < -0.39 is 0 Å². The number of allylic oxidation sites excluding steroid dienone is 1. The predicted octanol–water partition coefficient (Wildman–Crippen LogP) is 6.09. The second-order valence-electron chi connectivity index (χ2n) is 5.31. The van der Waals surface area contributed by atoms with E-state index in [4.69, 9.17) is 11.6 Å². The van der Waals surface area contributed by atoms with Gasteiger partial charge in [0.25, 0.3) is 0 Å². The zero-order valence-corrected chi connectivity index (χ0v) is 14.7. The van der Waals surface area contributed by atoms with Gasteiger partial charge in [-0.3, -0.25) is 0 Å². The summed E-state index contributed by atoms with van der Waals surface area (Å²) in [6, 6.07) is 18.0. The highest BCUT2D eigenvalue weighted by molar-refractivity contribution is 7.11. The first-order valence-electron chi connectivity index (χ1n) is 7.62. The van der Waals surface area contributed by atoms with Crippen LogP contribution in [0, 0.1) is 11.3 Å². The topological polar surface area (TPSA) is 36.7 Å². The van der Waals surface area contributed by atoms with Gasteiger partial charge >= 0.3 is 0 Å². The van der Waals surface area contributed by atoms with Crippen molar-refractivity contribution in [3.63, 3.8) is 0 Å². The lowest BCUT2D eigenvalue weighted by molar-refractivity contribution is 1.14. The van der Waals surface area contributed by atoms with Crippen LogP contribution in [0.5, 0.6) is 0 Å². The molecule has 0 spiro atoms. The summed E-state index contributed by atoms with van der Waals surface area (Å²) in [6.45, 7) is 2.13. The maximum absolute atomic E-state index is 9.47. The van der Waals surface area contributed by atoms with Crippen molar-refractivity contribution in [3.8, 4) is 17.3 Å². The summed E-state index contributed by atoms with van der Waals surface area (Å²) in [5, 5.41) is 12.8. The molecule has 0 amide bonds. The average Bonchev–Trinajstić information content (AvgIpc) is 3.10. The summed E-state index contributed by atoms with van der Waals surface area (Å²) in [5.41, 5.74) is 4.69. The normalized spacial score (nSPS) is 11.3. The van der Waals surface area contributed by atoms with Crippen molar-refractivity contribution in [1.29, 1.82) is 5.26 Å². The molecule has 0 unspecified atom stereocenters. The number of halogens is 1. The molecule has 0 aliphatic carbocycles. The van der Waals surface area contributed by atoms with Crippen LogP contribution < -0.4 is 0 Å². The third-order valence-corrected chi connectivity index (χ3v) is 4.78. The third kappa shape index (κ3) is 3.73. The Morgan fingerprint density at radius 1 is 1.25 bits per heavy atom. The van der Waals surface area contributed by atoms with Gasteiger partial charge in [-0.2, -0.15) is 5.26 Å². The molecule has 2 nitrogen and oxygen atoms in total. The van der Waals surface area contributed by atoms with Crippen LogP contribution in [0.25, 0.3) is 22.9 Å². The van der Waals surface area contributed by atoms with Crippen molar-refractivity contribution in [2.75, 3.05) is 0 Å². The van der Waals surface area contributed by atoms with E-state index in [0.717, 1.165) is 23.2 Å². The molecular formula is C20H15ClN2S. The smallest absolute Gasteiger partial charge is 0.134 e. The second-order valence-corrected chi connectivity index (χ2v) is 6.61. The van der Waals surface area contributed by atoms with Crippen LogP contribution in [-0.2, 0) is 6.42 Å². The fourth-order valence-electron chi connectivity index (χ4n) is 2.35. The van der Waals surface area contributed by atoms with Crippen molar-refractivity contribution in [1.82, 2.24) is 4.98 Å². The first-order chi connectivity index (χ1) is 11.7. The molecule has 4 heteroatoms. The lowest BCUT2D eigenvalue weighted by atomic mass is 10.1. The molecule has 0 saturated carbocycles. The number of rotatable bonds is 4. The zero-order valence-electron chi connectivity index (χ0n) is 13.2. The molecule has 3 aromatic rings. The first kappa shape index (κ1) is 16.4. The van der Waals surface area contributed by atoms with Crippen molar-refractivity contribution in [2.24, 2.45) is 0 Å². The molecule has 1 heterocycles. The molecular weight excluding hydrogens is 336 g/mol. The number of nitriles is 1. The molecule has 0 fully saturated rings. The SMILES string of the molecule is CCc1ccc(-c2csc(C(C#N)=Cc3cccc(Cl)c3)n2)cc1. The van der Waals surface area contributed by atoms with Gasteiger partial charge < -0.3 is 0 Å². The summed E-state index contributed by atoms with van der Waals surface area (Å²) in [7, 11) is 0. The predicted molar refractivity (Wildman–Crippen MR) is 102 cm³/mol. The fourth-order valence-corrected chi connectivity index (χ4v) is 3.34. The van der Waals surface area contributed by atoms with Gasteiger partial charge in [0, 0.05) is 16.0 Å². The van der Waals surface area contributed by atoms with Gasteiger partial charge in [-0.25, -0.2) is 4.98 Å². The Balaban J connectivity index is 1.91. The molecule has 0 radical (unpaired) electrons. The minimum absolute atomic E-state index is 0.540. The van der Waals surface area contributed by atoms with Gasteiger partial charge in [-0.1, -0.05) is 54.9 Å². The van der Waals surface area contributed by atoms with Crippen molar-refractivity contribution < 1.29 is 0 Å². The summed E-state index contributed by atoms with van der Waals surface area (Å²) in [6.07, 6.45) is 2.83. The zero-order chi connectivity index (χ0) is 16.9. The summed E-state index contributed by atoms with van der Waals surface area (Å²) in [5.74, 6) is 0. The number of benzene rings is 2. The molecule has 2 aromatic carbocycles. The van der Waals surface area contributed by atoms with Crippen LogP contribution in [0.15, 0.2) is 53.9 Å². The van der Waals surface area contributed by atoms with Crippen LogP contribution in [-0.4, -0.2) is 4.98 Å². The van der Waals surface area contributed by atoms with E-state index in [1.165, 1.54) is 16.9 Å². The minimum atomic E-state index is 0.540. The number of nitrogens with zero attached hydrogens (tertiary/aromatic N) is 2. The van der Waals surface area contributed by atoms with Crippen LogP contribution >= 0.6 is 22.9 Å². The van der Waals surface area contributed by atoms with Crippen molar-refractivity contribution in [3.05, 3.63) is 75.1 Å². The molecule has 0 aliphatic heterocycles. The van der Waals surface area contributed by atoms with E-state index in [1.54, 1.807) is 0 Å². The number of aryl methyl sites for hydroxylation is 1. The largest absolute Gasteiger partial charge is 0.235 e. The van der Waals surface area contributed by atoms with Crippen LogP contribution in [0.2, 0.25) is 5.02 Å². The molecule has 0 N–H and O–H groups in total. The molecule has 1 aromatic heterocycles. The number of hydrogen-bond donors (Lipinski definition) is 0. The van der Waals surface area contributed by atoms with E-state index >= 15 is 0 Å². The summed E-state index contributed by atoms with van der Waals surface area (Å²) >= 11 is 7.48. The van der Waals surface area contributed by atoms with Gasteiger partial charge in [0.15, 0.2) is 0 Å². The molecule has 0 bridgehead atoms. The number of thiazole rings is 1. The third-order valence-electron chi connectivity index (χ3n) is 3.67. The summed E-state index contributed by atoms with van der Waals surface area (Å²) in [4.78, 5) is 4.62. The van der Waals surface area contributed by atoms with E-state index in [9.17, 15) is 5.26 Å². The molecule has 24 heavy (non-hydrogen) atoms. The molecule has 118 valence electrons. The molecule has 0 atom stereocenters. The van der Waals surface area contributed by atoms with Crippen LogP contribution in [0.3, 0.4) is 0 Å². The summed E-state index contributed by atoms with van der Waals surface area (Å²) < 4.78 is 0. The van der Waals surface area contributed by atoms with Crippen molar-refractivity contribution >= 4 is 34.6 Å². The maximum Gasteiger partial charge on any atom is 0.134 e. The van der Waals surface area contributed by atoms with Gasteiger partial charge in [-0.05, 0) is 35.8 Å². The highest BCUT2D eigenvalue weighted by Crippen LogP contribution is 2.27. The number of aromatic nitrogens is 1. The average molecular weight is 351 g/mol. The second kappa shape index (κ2) is 7.44. The Morgan fingerprint density at radius 2 is 2.04 bits per heavy atom. The fraction of sp³-hybridized carbons (Fsp3) is 0.100. The Bertz CT molecular complexity index is 917. The standard InChI is InChI=1S/C20H15ClN2S/c1-2-14-6-8-16(9-7-14)19-13-24-20(23-19)17(12-22)10-15-4-3-5-18(21)11-15/h3-11,13H,2H2,1H3. The quantitative estimate of drug-likeness (QED) is 0.534. The van der Waals surface area contributed by atoms with Crippen LogP contribution in [0.4, 0.5) is 0 Å². The Hall–Kier alpha value is -2.41. The van der Waals surface area contributed by atoms with E-state index in [1.807, 2.05) is 35.7 Å². The van der Waals surface area contributed by atoms with E-state index in [-0.39, 0.29) is 0 Å². The lowest BCUT2D eigenvalue weighted by Gasteiger charge is -1.99. The lowest BCUT2D eigenvalue weighted by Crippen LogP contribution is -1.84. The maximum atomic E-state index is 9.47. The molecule has 0 aliphatic rings. The highest BCUT2D eigenvalue weighted by Gasteiger charge is 2.09. The highest BCUT2D eigenvalue weighted by atomic mass is 35.5. The Labute approximate surface area is 150 Å². The van der Waals surface area contributed by atoms with Crippen LogP contribution in [0.1, 0.15) is 23.1 Å². The number of hydrogen-bond acceptors (Lipinski definition) is 3. The monoisotopic (exact) mass is 350 g/mol. The Morgan fingerprint density at radius 3 is 2.71 bits per heavy atom. The van der Waals surface area contributed by atoms with Gasteiger partial charge in [0.2, 0.25) is 0 Å². The van der Waals surface area contributed by atoms with Crippen molar-refractivity contribution in [2.45, 2.75) is 13.3 Å². The first-order valence-corrected chi connectivity index (χ1v) is 8.88.